The maximum atomic E-state index is 14.1. The van der Waals surface area contributed by atoms with Crippen LogP contribution in [0, 0.1) is 20.8 Å². The minimum absolute atomic E-state index is 0.105. The molecule has 4 rings (SSSR count). The van der Waals surface area contributed by atoms with E-state index in [9.17, 15) is 18.0 Å². The molecule has 1 saturated carbocycles. The lowest BCUT2D eigenvalue weighted by atomic mass is 9.95. The van der Waals surface area contributed by atoms with Gasteiger partial charge >= 0.3 is 0 Å². The largest absolute Gasteiger partial charge is 0.352 e. The molecule has 0 aromatic heterocycles. The predicted molar refractivity (Wildman–Crippen MR) is 168 cm³/mol. The lowest BCUT2D eigenvalue weighted by Crippen LogP contribution is -2.53. The van der Waals surface area contributed by atoms with Crippen LogP contribution in [-0.2, 0) is 26.0 Å². The summed E-state index contributed by atoms with van der Waals surface area (Å²) in [6.07, 6.45) is 5.75. The lowest BCUT2D eigenvalue weighted by molar-refractivity contribution is -0.139. The van der Waals surface area contributed by atoms with Crippen molar-refractivity contribution >= 4 is 27.5 Å². The second-order valence-corrected chi connectivity index (χ2v) is 13.3. The Balaban J connectivity index is 1.66. The maximum Gasteiger partial charge on any atom is 0.264 e. The molecule has 1 unspecified atom stereocenters. The van der Waals surface area contributed by atoms with Gasteiger partial charge in [-0.15, -0.1) is 0 Å². The first-order chi connectivity index (χ1) is 20.1. The third kappa shape index (κ3) is 7.79. The molecule has 1 aliphatic carbocycles. The van der Waals surface area contributed by atoms with Crippen molar-refractivity contribution in [3.05, 3.63) is 95.1 Å². The van der Waals surface area contributed by atoms with Crippen LogP contribution in [0.2, 0.25) is 0 Å². The molecule has 3 aromatic rings. The van der Waals surface area contributed by atoms with Gasteiger partial charge in [0.15, 0.2) is 0 Å². The van der Waals surface area contributed by atoms with E-state index in [1.165, 1.54) is 15.6 Å². The van der Waals surface area contributed by atoms with Gasteiger partial charge in [-0.2, -0.15) is 0 Å². The molecule has 0 bridgehead atoms. The molecule has 224 valence electrons. The molecule has 2 amide bonds. The SMILES string of the molecule is Cc1ccc(S(=O)(=O)N(CC(=O)N(CCc2ccccc2)C(C)C(=O)NC2CCCCC2)c2ccc(C)cc2C)cc1. The smallest absolute Gasteiger partial charge is 0.264 e. The van der Waals surface area contributed by atoms with E-state index < -0.39 is 28.5 Å². The van der Waals surface area contributed by atoms with E-state index in [0.29, 0.717) is 12.1 Å². The van der Waals surface area contributed by atoms with Gasteiger partial charge in [-0.05, 0) is 76.3 Å². The van der Waals surface area contributed by atoms with Crippen molar-refractivity contribution < 1.29 is 18.0 Å². The van der Waals surface area contributed by atoms with Gasteiger partial charge in [0.2, 0.25) is 11.8 Å². The molecular weight excluding hydrogens is 546 g/mol. The molecule has 1 N–H and O–H groups in total. The van der Waals surface area contributed by atoms with Gasteiger partial charge in [0.05, 0.1) is 10.6 Å². The second kappa shape index (κ2) is 14.0. The van der Waals surface area contributed by atoms with Crippen LogP contribution in [0.4, 0.5) is 5.69 Å². The number of anilines is 1. The van der Waals surface area contributed by atoms with Crippen LogP contribution in [-0.4, -0.2) is 50.3 Å². The summed E-state index contributed by atoms with van der Waals surface area (Å²) in [5.74, 6) is -0.629. The fraction of sp³-hybridized carbons (Fsp3) is 0.412. The fourth-order valence-electron chi connectivity index (χ4n) is 5.57. The molecule has 1 atom stereocenters. The van der Waals surface area contributed by atoms with Crippen LogP contribution in [0.3, 0.4) is 0 Å². The zero-order valence-corrected chi connectivity index (χ0v) is 26.0. The zero-order valence-electron chi connectivity index (χ0n) is 25.2. The molecule has 0 aliphatic heterocycles. The van der Waals surface area contributed by atoms with Crippen molar-refractivity contribution in [3.63, 3.8) is 0 Å². The van der Waals surface area contributed by atoms with Gasteiger partial charge in [0.25, 0.3) is 10.0 Å². The highest BCUT2D eigenvalue weighted by Crippen LogP contribution is 2.28. The quantitative estimate of drug-likeness (QED) is 0.310. The van der Waals surface area contributed by atoms with Crippen molar-refractivity contribution in [3.8, 4) is 0 Å². The summed E-state index contributed by atoms with van der Waals surface area (Å²) in [7, 11) is -4.09. The molecule has 42 heavy (non-hydrogen) atoms. The third-order valence-corrected chi connectivity index (χ3v) is 9.89. The number of hydrogen-bond donors (Lipinski definition) is 1. The third-order valence-electron chi connectivity index (χ3n) is 8.11. The summed E-state index contributed by atoms with van der Waals surface area (Å²) in [5, 5.41) is 3.15. The minimum atomic E-state index is -4.09. The Bertz CT molecular complexity index is 1470. The molecule has 1 fully saturated rings. The van der Waals surface area contributed by atoms with Crippen LogP contribution in [0.5, 0.6) is 0 Å². The number of nitrogens with one attached hydrogen (secondary N) is 1. The number of sulfonamides is 1. The highest BCUT2D eigenvalue weighted by molar-refractivity contribution is 7.92. The number of benzene rings is 3. The molecule has 0 spiro atoms. The van der Waals surface area contributed by atoms with E-state index in [-0.39, 0.29) is 23.4 Å². The van der Waals surface area contributed by atoms with Gasteiger partial charge in [-0.1, -0.05) is 85.0 Å². The van der Waals surface area contributed by atoms with Crippen LogP contribution in [0.15, 0.2) is 77.7 Å². The van der Waals surface area contributed by atoms with Crippen molar-refractivity contribution in [2.75, 3.05) is 17.4 Å². The average Bonchev–Trinajstić information content (AvgIpc) is 2.97. The van der Waals surface area contributed by atoms with E-state index in [1.54, 1.807) is 37.3 Å². The second-order valence-electron chi connectivity index (χ2n) is 11.5. The van der Waals surface area contributed by atoms with E-state index in [4.69, 9.17) is 0 Å². The molecular formula is C34H43N3O4S. The van der Waals surface area contributed by atoms with E-state index in [1.807, 2.05) is 63.2 Å². The van der Waals surface area contributed by atoms with Crippen molar-refractivity contribution in [1.29, 1.82) is 0 Å². The first kappa shape index (κ1) is 31.3. The topological polar surface area (TPSA) is 86.8 Å². The molecule has 1 aliphatic rings. The Morgan fingerprint density at radius 3 is 2.17 bits per heavy atom. The zero-order chi connectivity index (χ0) is 30.3. The van der Waals surface area contributed by atoms with Crippen LogP contribution >= 0.6 is 0 Å². The van der Waals surface area contributed by atoms with E-state index >= 15 is 0 Å². The van der Waals surface area contributed by atoms with Crippen LogP contribution in [0.1, 0.15) is 61.3 Å². The number of carbonyl (C=O) groups excluding carboxylic acids is 2. The Kier molecular flexibility index (Phi) is 10.4. The standard InChI is InChI=1S/C34H43N3O4S/c1-25-15-18-31(19-16-25)42(40,41)37(32-20-17-26(2)23-27(32)3)24-33(38)36(22-21-29-11-7-5-8-12-29)28(4)34(39)35-30-13-9-6-10-14-30/h5,7-8,11-12,15-20,23,28,30H,6,9-10,13-14,21-22,24H2,1-4H3,(H,35,39). The van der Waals surface area contributed by atoms with E-state index in [2.05, 4.69) is 5.32 Å². The summed E-state index contributed by atoms with van der Waals surface area (Å²) >= 11 is 0. The Morgan fingerprint density at radius 2 is 1.52 bits per heavy atom. The fourth-order valence-corrected chi connectivity index (χ4v) is 7.05. The summed E-state index contributed by atoms with van der Waals surface area (Å²) in [6.45, 7) is 7.28. The number of hydrogen-bond acceptors (Lipinski definition) is 4. The van der Waals surface area contributed by atoms with Crippen molar-refractivity contribution in [2.24, 2.45) is 0 Å². The van der Waals surface area contributed by atoms with Crippen LogP contribution < -0.4 is 9.62 Å². The Hall–Kier alpha value is -3.65. The van der Waals surface area contributed by atoms with Gasteiger partial charge < -0.3 is 10.2 Å². The number of carbonyl (C=O) groups is 2. The van der Waals surface area contributed by atoms with Crippen molar-refractivity contribution in [2.45, 2.75) is 83.2 Å². The summed E-state index contributed by atoms with van der Waals surface area (Å²) in [5.41, 5.74) is 4.16. The normalized spacial score (nSPS) is 14.7. The molecule has 0 radical (unpaired) electrons. The summed E-state index contributed by atoms with van der Waals surface area (Å²) in [4.78, 5) is 29.2. The first-order valence-corrected chi connectivity index (χ1v) is 16.3. The van der Waals surface area contributed by atoms with Gasteiger partial charge in [0, 0.05) is 12.6 Å². The molecule has 8 heteroatoms. The molecule has 7 nitrogen and oxygen atoms in total. The minimum Gasteiger partial charge on any atom is -0.352 e. The van der Waals surface area contributed by atoms with Gasteiger partial charge in [-0.25, -0.2) is 8.42 Å². The Morgan fingerprint density at radius 1 is 0.881 bits per heavy atom. The van der Waals surface area contributed by atoms with Crippen molar-refractivity contribution in [1.82, 2.24) is 10.2 Å². The predicted octanol–water partition coefficient (Wildman–Crippen LogP) is 5.72. The Labute approximate surface area is 251 Å². The monoisotopic (exact) mass is 589 g/mol. The van der Waals surface area contributed by atoms with Gasteiger partial charge in [-0.3, -0.25) is 13.9 Å². The number of amides is 2. The van der Waals surface area contributed by atoms with Gasteiger partial charge in [0.1, 0.15) is 12.6 Å². The summed E-state index contributed by atoms with van der Waals surface area (Å²) < 4.78 is 29.3. The summed E-state index contributed by atoms with van der Waals surface area (Å²) in [6, 6.07) is 21.3. The molecule has 0 heterocycles. The average molecular weight is 590 g/mol. The number of rotatable bonds is 11. The molecule has 3 aromatic carbocycles. The lowest BCUT2D eigenvalue weighted by Gasteiger charge is -2.33. The number of aryl methyl sites for hydroxylation is 3. The highest BCUT2D eigenvalue weighted by atomic mass is 32.2. The van der Waals surface area contributed by atoms with Crippen LogP contribution in [0.25, 0.3) is 0 Å². The number of nitrogens with zero attached hydrogens (tertiary/aromatic N) is 2. The molecule has 0 saturated heterocycles. The first-order valence-electron chi connectivity index (χ1n) is 14.9. The highest BCUT2D eigenvalue weighted by Gasteiger charge is 2.33. The van der Waals surface area contributed by atoms with E-state index in [0.717, 1.165) is 47.9 Å². The maximum absolute atomic E-state index is 14.1.